The fraction of sp³-hybridized carbons (Fsp3) is 0.429. The van der Waals surface area contributed by atoms with Gasteiger partial charge in [0.15, 0.2) is 0 Å². The first kappa shape index (κ1) is 30.9. The lowest BCUT2D eigenvalue weighted by molar-refractivity contribution is -0.134. The highest BCUT2D eigenvalue weighted by Crippen LogP contribution is 2.24. The molecule has 0 radical (unpaired) electrons. The summed E-state index contributed by atoms with van der Waals surface area (Å²) in [5.74, 6) is 0.291. The molecule has 4 amide bonds. The zero-order valence-electron chi connectivity index (χ0n) is 22.9. The first-order chi connectivity index (χ1) is 19.3. The van der Waals surface area contributed by atoms with E-state index in [1.807, 2.05) is 47.4 Å². The fourth-order valence-electron chi connectivity index (χ4n) is 4.55. The van der Waals surface area contributed by atoms with Gasteiger partial charge in [-0.05, 0) is 73.4 Å². The second-order valence-electron chi connectivity index (χ2n) is 9.77. The average Bonchev–Trinajstić information content (AvgIpc) is 2.95. The Kier molecular flexibility index (Phi) is 12.3. The lowest BCUT2D eigenvalue weighted by atomic mass is 9.93. The van der Waals surface area contributed by atoms with Crippen molar-refractivity contribution < 1.29 is 14.4 Å². The zero-order valence-corrected chi connectivity index (χ0v) is 23.7. The molecule has 0 bridgehead atoms. The summed E-state index contributed by atoms with van der Waals surface area (Å²) in [5.41, 5.74) is 13.3. The third-order valence-corrected chi connectivity index (χ3v) is 7.67. The molecule has 1 fully saturated rings. The van der Waals surface area contributed by atoms with E-state index in [1.165, 1.54) is 11.9 Å². The molecule has 0 spiro atoms. The minimum absolute atomic E-state index is 0.00932. The molecule has 3 rings (SSSR count). The summed E-state index contributed by atoms with van der Waals surface area (Å²) in [6.45, 7) is 2.20. The molecular formula is C28H40N8O3S. The number of nitrogens with zero attached hydrogens (tertiary/aromatic N) is 1. The van der Waals surface area contributed by atoms with Crippen LogP contribution in [0.1, 0.15) is 36.8 Å². The number of rotatable bonds is 13. The number of anilines is 1. The number of benzene rings is 2. The van der Waals surface area contributed by atoms with E-state index in [2.05, 4.69) is 20.7 Å². The van der Waals surface area contributed by atoms with Crippen LogP contribution in [0.4, 0.5) is 10.5 Å². The molecule has 0 saturated carbocycles. The van der Waals surface area contributed by atoms with E-state index in [9.17, 15) is 14.4 Å². The highest BCUT2D eigenvalue weighted by atomic mass is 32.2. The molecule has 216 valence electrons. The maximum atomic E-state index is 13.7. The van der Waals surface area contributed by atoms with Crippen molar-refractivity contribution in [2.45, 2.75) is 43.0 Å². The van der Waals surface area contributed by atoms with Crippen molar-refractivity contribution in [2.75, 3.05) is 38.5 Å². The number of likely N-dealkylation sites (tertiary alicyclic amines) is 1. The molecule has 1 saturated heterocycles. The molecule has 40 heavy (non-hydrogen) atoms. The van der Waals surface area contributed by atoms with Crippen LogP contribution in [-0.4, -0.2) is 67.8 Å². The number of amides is 4. The van der Waals surface area contributed by atoms with E-state index in [0.717, 1.165) is 29.7 Å². The van der Waals surface area contributed by atoms with Crippen molar-refractivity contribution in [1.82, 2.24) is 20.3 Å². The standard InChI is InChI=1S/C28H40N8O3S/c1-32-28(39)33-13-9-19-10-14-36(15-11-19)27(38)24(17-20-4-2-5-21(16-20)26(30)31)35-40-23-7-3-6-22(18-23)34-25(37)8-12-29/h2-7,16,18-19,24,35H,8-15,17,29H2,1H3,(H3,30,31)(H,34,37)(H2,32,33,39). The summed E-state index contributed by atoms with van der Waals surface area (Å²) in [7, 11) is 1.59. The predicted octanol–water partition coefficient (Wildman–Crippen LogP) is 2.02. The molecule has 1 atom stereocenters. The van der Waals surface area contributed by atoms with Gasteiger partial charge in [-0.3, -0.25) is 15.0 Å². The van der Waals surface area contributed by atoms with Gasteiger partial charge < -0.3 is 32.3 Å². The van der Waals surface area contributed by atoms with Crippen LogP contribution in [0.25, 0.3) is 0 Å². The Morgan fingerprint density at radius 1 is 1.12 bits per heavy atom. The molecule has 1 heterocycles. The van der Waals surface area contributed by atoms with Crippen LogP contribution in [0.5, 0.6) is 0 Å². The quantitative estimate of drug-likeness (QED) is 0.110. The van der Waals surface area contributed by atoms with Gasteiger partial charge in [0.2, 0.25) is 11.8 Å². The van der Waals surface area contributed by atoms with Crippen LogP contribution in [0.15, 0.2) is 53.4 Å². The van der Waals surface area contributed by atoms with Crippen LogP contribution in [0, 0.1) is 11.3 Å². The Morgan fingerprint density at radius 2 is 1.88 bits per heavy atom. The minimum Gasteiger partial charge on any atom is -0.384 e. The number of nitrogens with one attached hydrogen (secondary N) is 5. The van der Waals surface area contributed by atoms with E-state index >= 15 is 0 Å². The largest absolute Gasteiger partial charge is 0.384 e. The molecule has 9 N–H and O–H groups in total. The van der Waals surface area contributed by atoms with Gasteiger partial charge in [0, 0.05) is 55.8 Å². The Morgan fingerprint density at radius 3 is 2.58 bits per heavy atom. The highest BCUT2D eigenvalue weighted by molar-refractivity contribution is 7.97. The summed E-state index contributed by atoms with van der Waals surface area (Å²) in [4.78, 5) is 39.8. The van der Waals surface area contributed by atoms with Gasteiger partial charge in [-0.15, -0.1) is 0 Å². The third kappa shape index (κ3) is 9.85. The predicted molar refractivity (Wildman–Crippen MR) is 159 cm³/mol. The second kappa shape index (κ2) is 15.8. The molecule has 0 aromatic heterocycles. The molecule has 2 aromatic carbocycles. The van der Waals surface area contributed by atoms with E-state index in [-0.39, 0.29) is 36.6 Å². The van der Waals surface area contributed by atoms with Crippen LogP contribution in [0.3, 0.4) is 0 Å². The van der Waals surface area contributed by atoms with Gasteiger partial charge in [-0.25, -0.2) is 9.52 Å². The van der Waals surface area contributed by atoms with Crippen molar-refractivity contribution in [3.8, 4) is 0 Å². The molecule has 2 aromatic rings. The number of hydrogen-bond donors (Lipinski definition) is 7. The monoisotopic (exact) mass is 568 g/mol. The zero-order chi connectivity index (χ0) is 28.9. The summed E-state index contributed by atoms with van der Waals surface area (Å²) < 4.78 is 3.35. The van der Waals surface area contributed by atoms with Crippen LogP contribution in [0.2, 0.25) is 0 Å². The number of nitrogen functional groups attached to an aromatic ring is 1. The molecule has 11 nitrogen and oxygen atoms in total. The van der Waals surface area contributed by atoms with Crippen molar-refractivity contribution >= 4 is 41.3 Å². The van der Waals surface area contributed by atoms with Crippen molar-refractivity contribution in [3.63, 3.8) is 0 Å². The Balaban J connectivity index is 1.66. The first-order valence-corrected chi connectivity index (χ1v) is 14.3. The van der Waals surface area contributed by atoms with Gasteiger partial charge >= 0.3 is 6.03 Å². The van der Waals surface area contributed by atoms with Gasteiger partial charge in [0.05, 0.1) is 0 Å². The number of carbonyl (C=O) groups excluding carboxylic acids is 3. The number of piperidine rings is 1. The summed E-state index contributed by atoms with van der Waals surface area (Å²) in [6, 6.07) is 14.1. The van der Waals surface area contributed by atoms with Crippen molar-refractivity contribution in [2.24, 2.45) is 17.4 Å². The SMILES string of the molecule is CNC(=O)NCCC1CCN(C(=O)C(Cc2cccc(C(=N)N)c2)NSc2cccc(NC(=O)CCN)c2)CC1. The van der Waals surface area contributed by atoms with Gasteiger partial charge in [0.1, 0.15) is 11.9 Å². The normalized spacial score (nSPS) is 14.3. The summed E-state index contributed by atoms with van der Waals surface area (Å²) >= 11 is 1.34. The Bertz CT molecular complexity index is 1170. The molecule has 1 aliphatic heterocycles. The summed E-state index contributed by atoms with van der Waals surface area (Å²) in [5, 5.41) is 16.0. The number of hydrogen-bond acceptors (Lipinski definition) is 7. The molecule has 1 aliphatic rings. The maximum Gasteiger partial charge on any atom is 0.314 e. The van der Waals surface area contributed by atoms with Crippen LogP contribution in [-0.2, 0) is 16.0 Å². The van der Waals surface area contributed by atoms with Gasteiger partial charge in [-0.1, -0.05) is 24.3 Å². The van der Waals surface area contributed by atoms with Gasteiger partial charge in [0.25, 0.3) is 0 Å². The Labute approximate surface area is 239 Å². The highest BCUT2D eigenvalue weighted by Gasteiger charge is 2.28. The maximum absolute atomic E-state index is 13.7. The number of nitrogens with two attached hydrogens (primary N) is 2. The van der Waals surface area contributed by atoms with Gasteiger partial charge in [-0.2, -0.15) is 0 Å². The van der Waals surface area contributed by atoms with Crippen molar-refractivity contribution in [1.29, 1.82) is 5.41 Å². The van der Waals surface area contributed by atoms with E-state index in [4.69, 9.17) is 16.9 Å². The number of carbonyl (C=O) groups is 3. The van der Waals surface area contributed by atoms with E-state index in [0.29, 0.717) is 43.2 Å². The topological polar surface area (TPSA) is 178 Å². The average molecular weight is 569 g/mol. The summed E-state index contributed by atoms with van der Waals surface area (Å²) in [6.07, 6.45) is 3.31. The minimum atomic E-state index is -0.519. The molecular weight excluding hydrogens is 528 g/mol. The first-order valence-electron chi connectivity index (χ1n) is 13.5. The van der Waals surface area contributed by atoms with E-state index in [1.54, 1.807) is 13.1 Å². The molecule has 1 unspecified atom stereocenters. The fourth-order valence-corrected chi connectivity index (χ4v) is 5.35. The molecule has 0 aliphatic carbocycles. The van der Waals surface area contributed by atoms with Crippen LogP contribution >= 0.6 is 11.9 Å². The smallest absolute Gasteiger partial charge is 0.314 e. The second-order valence-corrected chi connectivity index (χ2v) is 10.7. The number of amidine groups is 1. The van der Waals surface area contributed by atoms with Crippen molar-refractivity contribution in [3.05, 3.63) is 59.7 Å². The van der Waals surface area contributed by atoms with E-state index < -0.39 is 6.04 Å². The lowest BCUT2D eigenvalue weighted by Gasteiger charge is -2.34. The number of urea groups is 1. The third-order valence-electron chi connectivity index (χ3n) is 6.78. The Hall–Kier alpha value is -3.61. The lowest BCUT2D eigenvalue weighted by Crippen LogP contribution is -2.48. The molecule has 12 heteroatoms. The van der Waals surface area contributed by atoms with Crippen LogP contribution < -0.4 is 32.1 Å².